The number of benzene rings is 1. The van der Waals surface area contributed by atoms with Crippen molar-refractivity contribution in [2.24, 2.45) is 5.73 Å². The van der Waals surface area contributed by atoms with Crippen LogP contribution in [0.2, 0.25) is 5.02 Å². The Labute approximate surface area is 103 Å². The van der Waals surface area contributed by atoms with Crippen LogP contribution < -0.4 is 5.73 Å². The summed E-state index contributed by atoms with van der Waals surface area (Å²) >= 11 is 7.34. The highest BCUT2D eigenvalue weighted by atomic mass is 35.5. The van der Waals surface area contributed by atoms with E-state index >= 15 is 0 Å². The standard InChI is InChI=1S/C12H11ClFNS/c1-7(15)11-4-5-12(16-11)9-6-8(13)2-3-10(9)14/h2-7H,15H2,1H3. The van der Waals surface area contributed by atoms with Crippen molar-refractivity contribution in [1.29, 1.82) is 0 Å². The zero-order valence-corrected chi connectivity index (χ0v) is 10.3. The van der Waals surface area contributed by atoms with Gasteiger partial charge >= 0.3 is 0 Å². The van der Waals surface area contributed by atoms with Crippen molar-refractivity contribution in [2.45, 2.75) is 13.0 Å². The molecule has 0 saturated heterocycles. The van der Waals surface area contributed by atoms with Gasteiger partial charge in [-0.25, -0.2) is 4.39 Å². The molecule has 0 bridgehead atoms. The van der Waals surface area contributed by atoms with Gasteiger partial charge in [0.05, 0.1) is 0 Å². The van der Waals surface area contributed by atoms with Gasteiger partial charge in [-0.1, -0.05) is 11.6 Å². The van der Waals surface area contributed by atoms with Gasteiger partial charge in [0.2, 0.25) is 0 Å². The van der Waals surface area contributed by atoms with Crippen molar-refractivity contribution in [3.63, 3.8) is 0 Å². The van der Waals surface area contributed by atoms with E-state index in [0.29, 0.717) is 10.6 Å². The summed E-state index contributed by atoms with van der Waals surface area (Å²) < 4.78 is 13.6. The first-order chi connectivity index (χ1) is 7.58. The largest absolute Gasteiger partial charge is 0.324 e. The molecule has 0 fully saturated rings. The summed E-state index contributed by atoms with van der Waals surface area (Å²) in [7, 11) is 0. The Morgan fingerprint density at radius 2 is 2.06 bits per heavy atom. The van der Waals surface area contributed by atoms with Gasteiger partial charge in [0.1, 0.15) is 5.82 Å². The molecule has 1 nitrogen and oxygen atoms in total. The molecular formula is C12H11ClFNS. The van der Waals surface area contributed by atoms with Gasteiger partial charge in [-0.3, -0.25) is 0 Å². The van der Waals surface area contributed by atoms with E-state index in [4.69, 9.17) is 17.3 Å². The Morgan fingerprint density at radius 1 is 1.31 bits per heavy atom. The Morgan fingerprint density at radius 3 is 2.69 bits per heavy atom. The third kappa shape index (κ3) is 2.26. The van der Waals surface area contributed by atoms with Crippen LogP contribution in [0.25, 0.3) is 10.4 Å². The second kappa shape index (κ2) is 4.53. The predicted octanol–water partition coefficient (Wildman–Crippen LogP) is 4.23. The molecule has 1 atom stereocenters. The highest BCUT2D eigenvalue weighted by Crippen LogP contribution is 2.33. The fraction of sp³-hybridized carbons (Fsp3) is 0.167. The molecule has 0 aliphatic rings. The fourth-order valence-electron chi connectivity index (χ4n) is 1.43. The van der Waals surface area contributed by atoms with E-state index < -0.39 is 0 Å². The lowest BCUT2D eigenvalue weighted by Gasteiger charge is -2.01. The highest BCUT2D eigenvalue weighted by molar-refractivity contribution is 7.15. The van der Waals surface area contributed by atoms with Crippen LogP contribution in [0.1, 0.15) is 17.8 Å². The zero-order chi connectivity index (χ0) is 11.7. The molecule has 1 heterocycles. The van der Waals surface area contributed by atoms with Gasteiger partial charge in [0.15, 0.2) is 0 Å². The number of rotatable bonds is 2. The first-order valence-corrected chi connectivity index (χ1v) is 6.08. The summed E-state index contributed by atoms with van der Waals surface area (Å²) in [6.07, 6.45) is 0. The molecule has 1 aromatic carbocycles. The summed E-state index contributed by atoms with van der Waals surface area (Å²) in [4.78, 5) is 1.89. The normalized spacial score (nSPS) is 12.8. The maximum absolute atomic E-state index is 13.6. The summed E-state index contributed by atoms with van der Waals surface area (Å²) in [5.41, 5.74) is 6.30. The van der Waals surface area contributed by atoms with E-state index in [-0.39, 0.29) is 11.9 Å². The van der Waals surface area contributed by atoms with E-state index in [1.54, 1.807) is 12.1 Å². The molecule has 16 heavy (non-hydrogen) atoms. The Kier molecular flexibility index (Phi) is 3.28. The molecule has 1 aromatic heterocycles. The number of hydrogen-bond donors (Lipinski definition) is 1. The van der Waals surface area contributed by atoms with Gasteiger partial charge in [0, 0.05) is 26.4 Å². The number of hydrogen-bond acceptors (Lipinski definition) is 2. The van der Waals surface area contributed by atoms with Crippen LogP contribution in [0, 0.1) is 5.82 Å². The van der Waals surface area contributed by atoms with Crippen molar-refractivity contribution in [3.8, 4) is 10.4 Å². The van der Waals surface area contributed by atoms with Crippen LogP contribution in [-0.4, -0.2) is 0 Å². The van der Waals surface area contributed by atoms with Crippen molar-refractivity contribution in [2.75, 3.05) is 0 Å². The molecule has 1 unspecified atom stereocenters. The molecule has 84 valence electrons. The average molecular weight is 256 g/mol. The maximum atomic E-state index is 13.6. The number of halogens is 2. The molecule has 2 rings (SSSR count). The lowest BCUT2D eigenvalue weighted by Crippen LogP contribution is -2.01. The van der Waals surface area contributed by atoms with Crippen molar-refractivity contribution >= 4 is 22.9 Å². The van der Waals surface area contributed by atoms with Gasteiger partial charge in [-0.2, -0.15) is 0 Å². The molecule has 0 aliphatic carbocycles. The van der Waals surface area contributed by atoms with Crippen LogP contribution in [0.5, 0.6) is 0 Å². The van der Waals surface area contributed by atoms with Crippen LogP contribution in [-0.2, 0) is 0 Å². The predicted molar refractivity (Wildman–Crippen MR) is 67.3 cm³/mol. The molecule has 2 N–H and O–H groups in total. The lowest BCUT2D eigenvalue weighted by atomic mass is 10.2. The van der Waals surface area contributed by atoms with Gasteiger partial charge in [0.25, 0.3) is 0 Å². The lowest BCUT2D eigenvalue weighted by molar-refractivity contribution is 0.632. The molecule has 0 saturated carbocycles. The van der Waals surface area contributed by atoms with E-state index in [1.165, 1.54) is 17.4 Å². The summed E-state index contributed by atoms with van der Waals surface area (Å²) in [5, 5.41) is 0.534. The van der Waals surface area contributed by atoms with E-state index in [9.17, 15) is 4.39 Å². The van der Waals surface area contributed by atoms with Gasteiger partial charge in [-0.05, 0) is 37.3 Å². The monoisotopic (exact) mass is 255 g/mol. The van der Waals surface area contributed by atoms with Gasteiger partial charge < -0.3 is 5.73 Å². The molecule has 0 spiro atoms. The van der Waals surface area contributed by atoms with Crippen LogP contribution in [0.15, 0.2) is 30.3 Å². The smallest absolute Gasteiger partial charge is 0.131 e. The first-order valence-electron chi connectivity index (χ1n) is 4.88. The highest BCUT2D eigenvalue weighted by Gasteiger charge is 2.10. The third-order valence-corrected chi connectivity index (χ3v) is 3.82. The van der Waals surface area contributed by atoms with Crippen molar-refractivity contribution in [3.05, 3.63) is 46.0 Å². The Balaban J connectivity index is 2.46. The minimum absolute atomic E-state index is 0.0269. The second-order valence-electron chi connectivity index (χ2n) is 3.61. The first kappa shape index (κ1) is 11.6. The SMILES string of the molecule is CC(N)c1ccc(-c2cc(Cl)ccc2F)s1. The summed E-state index contributed by atoms with van der Waals surface area (Å²) in [5.74, 6) is -0.262. The molecule has 2 aromatic rings. The van der Waals surface area contributed by atoms with E-state index in [0.717, 1.165) is 9.75 Å². The quantitative estimate of drug-likeness (QED) is 0.854. The van der Waals surface area contributed by atoms with Crippen LogP contribution in [0.4, 0.5) is 4.39 Å². The van der Waals surface area contributed by atoms with Crippen molar-refractivity contribution < 1.29 is 4.39 Å². The third-order valence-electron chi connectivity index (χ3n) is 2.27. The van der Waals surface area contributed by atoms with Crippen LogP contribution in [0.3, 0.4) is 0 Å². The second-order valence-corrected chi connectivity index (χ2v) is 5.17. The molecule has 0 amide bonds. The van der Waals surface area contributed by atoms with E-state index in [1.807, 2.05) is 19.1 Å². The topological polar surface area (TPSA) is 26.0 Å². The summed E-state index contributed by atoms with van der Waals surface area (Å²) in [6, 6.07) is 8.32. The Bertz CT molecular complexity index is 507. The molecule has 0 aliphatic heterocycles. The van der Waals surface area contributed by atoms with Gasteiger partial charge in [-0.15, -0.1) is 11.3 Å². The number of nitrogens with two attached hydrogens (primary N) is 1. The van der Waals surface area contributed by atoms with Crippen LogP contribution >= 0.6 is 22.9 Å². The molecule has 4 heteroatoms. The summed E-state index contributed by atoms with van der Waals surface area (Å²) in [6.45, 7) is 1.91. The average Bonchev–Trinajstić information content (AvgIpc) is 2.70. The molecular weight excluding hydrogens is 245 g/mol. The minimum atomic E-state index is -0.262. The maximum Gasteiger partial charge on any atom is 0.131 e. The fourth-order valence-corrected chi connectivity index (χ4v) is 2.58. The van der Waals surface area contributed by atoms with Crippen molar-refractivity contribution in [1.82, 2.24) is 0 Å². The zero-order valence-electron chi connectivity index (χ0n) is 8.71. The Hall–Kier alpha value is -0.900. The number of thiophene rings is 1. The van der Waals surface area contributed by atoms with E-state index in [2.05, 4.69) is 0 Å². The minimum Gasteiger partial charge on any atom is -0.324 e. The molecule has 0 radical (unpaired) electrons.